The molecule has 0 radical (unpaired) electrons. The van der Waals surface area contributed by atoms with Crippen molar-refractivity contribution in [2.75, 3.05) is 18.0 Å². The van der Waals surface area contributed by atoms with Crippen molar-refractivity contribution in [1.29, 1.82) is 0 Å². The van der Waals surface area contributed by atoms with Gasteiger partial charge in [0, 0.05) is 24.0 Å². The van der Waals surface area contributed by atoms with E-state index in [1.54, 1.807) is 0 Å². The number of benzene rings is 2. The fourth-order valence-electron chi connectivity index (χ4n) is 3.63. The van der Waals surface area contributed by atoms with Gasteiger partial charge >= 0.3 is 0 Å². The van der Waals surface area contributed by atoms with Gasteiger partial charge in [0.15, 0.2) is 5.82 Å². The summed E-state index contributed by atoms with van der Waals surface area (Å²) in [5, 5.41) is 1.16. The van der Waals surface area contributed by atoms with Gasteiger partial charge in [-0.15, -0.1) is 0 Å². The molecule has 0 amide bonds. The van der Waals surface area contributed by atoms with Crippen LogP contribution >= 0.6 is 0 Å². The van der Waals surface area contributed by atoms with Crippen LogP contribution < -0.4 is 4.90 Å². The van der Waals surface area contributed by atoms with E-state index in [0.29, 0.717) is 0 Å². The van der Waals surface area contributed by atoms with Crippen molar-refractivity contribution in [1.82, 2.24) is 9.97 Å². The van der Waals surface area contributed by atoms with Crippen molar-refractivity contribution in [3.05, 3.63) is 53.6 Å². The predicted octanol–water partition coefficient (Wildman–Crippen LogP) is 5.15. The van der Waals surface area contributed by atoms with Gasteiger partial charge in [-0.25, -0.2) is 9.97 Å². The van der Waals surface area contributed by atoms with Gasteiger partial charge in [-0.05, 0) is 55.9 Å². The van der Waals surface area contributed by atoms with Crippen molar-refractivity contribution in [2.45, 2.75) is 33.6 Å². The molecular weight excluding hydrogens is 306 g/mol. The summed E-state index contributed by atoms with van der Waals surface area (Å²) in [4.78, 5) is 12.4. The highest BCUT2D eigenvalue weighted by Gasteiger charge is 2.20. The lowest BCUT2D eigenvalue weighted by Crippen LogP contribution is -2.33. The molecule has 3 aromatic rings. The van der Waals surface area contributed by atoms with Gasteiger partial charge in [-0.2, -0.15) is 0 Å². The number of piperidine rings is 1. The molecule has 0 unspecified atom stereocenters. The van der Waals surface area contributed by atoms with E-state index in [9.17, 15) is 0 Å². The van der Waals surface area contributed by atoms with Crippen LogP contribution in [0.5, 0.6) is 0 Å². The zero-order valence-corrected chi connectivity index (χ0v) is 15.3. The van der Waals surface area contributed by atoms with Crippen LogP contribution in [0.15, 0.2) is 42.5 Å². The van der Waals surface area contributed by atoms with E-state index in [1.165, 1.54) is 24.0 Å². The summed E-state index contributed by atoms with van der Waals surface area (Å²) < 4.78 is 0. The summed E-state index contributed by atoms with van der Waals surface area (Å²) in [6.07, 6.45) is 2.47. The summed E-state index contributed by atoms with van der Waals surface area (Å²) in [7, 11) is 0. The number of rotatable bonds is 2. The highest BCUT2D eigenvalue weighted by molar-refractivity contribution is 5.91. The smallest absolute Gasteiger partial charge is 0.162 e. The van der Waals surface area contributed by atoms with E-state index >= 15 is 0 Å². The van der Waals surface area contributed by atoms with E-state index in [-0.39, 0.29) is 0 Å². The van der Waals surface area contributed by atoms with Gasteiger partial charge in [-0.1, -0.05) is 37.3 Å². The Bertz CT molecular complexity index is 908. The fraction of sp³-hybridized carbons (Fsp3) is 0.364. The number of fused-ring (bicyclic) bond motifs is 1. The maximum Gasteiger partial charge on any atom is 0.162 e. The summed E-state index contributed by atoms with van der Waals surface area (Å²) in [5.74, 6) is 2.74. The van der Waals surface area contributed by atoms with E-state index < -0.39 is 0 Å². The average Bonchev–Trinajstić information content (AvgIpc) is 2.61. The van der Waals surface area contributed by atoms with Crippen molar-refractivity contribution in [3.8, 4) is 11.4 Å². The van der Waals surface area contributed by atoms with Gasteiger partial charge in [0.1, 0.15) is 5.82 Å². The molecule has 25 heavy (non-hydrogen) atoms. The number of aromatic nitrogens is 2. The average molecular weight is 331 g/mol. The molecule has 0 N–H and O–H groups in total. The third-order valence-corrected chi connectivity index (χ3v) is 5.30. The summed E-state index contributed by atoms with van der Waals surface area (Å²) in [6, 6.07) is 14.9. The third-order valence-electron chi connectivity index (χ3n) is 5.30. The first-order valence-electron chi connectivity index (χ1n) is 9.21. The minimum atomic E-state index is 0.808. The molecule has 3 nitrogen and oxygen atoms in total. The third kappa shape index (κ3) is 3.11. The van der Waals surface area contributed by atoms with Gasteiger partial charge in [0.2, 0.25) is 0 Å². The number of nitrogens with zero attached hydrogens (tertiary/aromatic N) is 3. The Labute approximate surface area is 149 Å². The Morgan fingerprint density at radius 2 is 1.72 bits per heavy atom. The molecule has 1 aliphatic rings. The topological polar surface area (TPSA) is 29.0 Å². The first kappa shape index (κ1) is 16.1. The highest BCUT2D eigenvalue weighted by atomic mass is 15.2. The molecule has 2 aromatic carbocycles. The molecule has 0 aliphatic carbocycles. The quantitative estimate of drug-likeness (QED) is 0.650. The van der Waals surface area contributed by atoms with Gasteiger partial charge in [0.25, 0.3) is 0 Å². The predicted molar refractivity (Wildman–Crippen MR) is 105 cm³/mol. The van der Waals surface area contributed by atoms with Crippen molar-refractivity contribution < 1.29 is 0 Å². The molecule has 1 fully saturated rings. The second kappa shape index (κ2) is 6.47. The van der Waals surface area contributed by atoms with Crippen LogP contribution in [0.3, 0.4) is 0 Å². The lowest BCUT2D eigenvalue weighted by Gasteiger charge is -2.32. The largest absolute Gasteiger partial charge is 0.356 e. The Kier molecular flexibility index (Phi) is 4.16. The highest BCUT2D eigenvalue weighted by Crippen LogP contribution is 2.31. The van der Waals surface area contributed by atoms with Crippen molar-refractivity contribution >= 4 is 16.7 Å². The second-order valence-electron chi connectivity index (χ2n) is 7.38. The summed E-state index contributed by atoms with van der Waals surface area (Å²) >= 11 is 0. The number of aryl methyl sites for hydroxylation is 2. The van der Waals surface area contributed by atoms with Crippen LogP contribution in [0.25, 0.3) is 22.3 Å². The molecule has 0 spiro atoms. The molecule has 0 atom stereocenters. The molecule has 3 heteroatoms. The number of anilines is 1. The first-order valence-corrected chi connectivity index (χ1v) is 9.21. The van der Waals surface area contributed by atoms with E-state index in [2.05, 4.69) is 68.1 Å². The van der Waals surface area contributed by atoms with Crippen LogP contribution in [0.2, 0.25) is 0 Å². The van der Waals surface area contributed by atoms with Gasteiger partial charge in [-0.3, -0.25) is 0 Å². The monoisotopic (exact) mass is 331 g/mol. The van der Waals surface area contributed by atoms with E-state index in [4.69, 9.17) is 9.97 Å². The molecule has 128 valence electrons. The second-order valence-corrected chi connectivity index (χ2v) is 7.38. The minimum Gasteiger partial charge on any atom is -0.356 e. The van der Waals surface area contributed by atoms with Gasteiger partial charge in [0.05, 0.1) is 5.52 Å². The Morgan fingerprint density at radius 1 is 0.960 bits per heavy atom. The molecule has 1 saturated heterocycles. The molecule has 2 heterocycles. The summed E-state index contributed by atoms with van der Waals surface area (Å²) in [5.41, 5.74) is 4.62. The molecule has 1 aromatic heterocycles. The maximum absolute atomic E-state index is 5.03. The van der Waals surface area contributed by atoms with Crippen LogP contribution in [-0.4, -0.2) is 23.1 Å². The van der Waals surface area contributed by atoms with E-state index in [0.717, 1.165) is 47.1 Å². The van der Waals surface area contributed by atoms with Crippen LogP contribution in [0, 0.1) is 19.8 Å². The Morgan fingerprint density at radius 3 is 2.48 bits per heavy atom. The van der Waals surface area contributed by atoms with Gasteiger partial charge < -0.3 is 4.90 Å². The SMILES string of the molecule is Cc1ccc2c(N3CCC(C)CC3)nc(-c3ccccc3C)nc2c1. The van der Waals surface area contributed by atoms with Crippen LogP contribution in [0.4, 0.5) is 5.82 Å². The minimum absolute atomic E-state index is 0.808. The Hall–Kier alpha value is -2.42. The van der Waals surface area contributed by atoms with E-state index in [1.807, 2.05) is 0 Å². The van der Waals surface area contributed by atoms with Crippen LogP contribution in [0.1, 0.15) is 30.9 Å². The Balaban J connectivity index is 1.89. The molecule has 0 bridgehead atoms. The molecule has 4 rings (SSSR count). The van der Waals surface area contributed by atoms with Crippen molar-refractivity contribution in [2.24, 2.45) is 5.92 Å². The number of hydrogen-bond donors (Lipinski definition) is 0. The molecular formula is C22H25N3. The maximum atomic E-state index is 5.03. The fourth-order valence-corrected chi connectivity index (χ4v) is 3.63. The normalized spacial score (nSPS) is 15.7. The van der Waals surface area contributed by atoms with Crippen molar-refractivity contribution in [3.63, 3.8) is 0 Å². The standard InChI is InChI=1S/C22H25N3/c1-15-10-12-25(13-11-15)22-19-9-8-16(2)14-20(19)23-21(24-22)18-7-5-4-6-17(18)3/h4-9,14-15H,10-13H2,1-3H3. The lowest BCUT2D eigenvalue weighted by atomic mass is 9.99. The molecule has 0 saturated carbocycles. The molecule has 1 aliphatic heterocycles. The van der Waals surface area contributed by atoms with Crippen LogP contribution in [-0.2, 0) is 0 Å². The number of hydrogen-bond acceptors (Lipinski definition) is 3. The zero-order chi connectivity index (χ0) is 17.4. The lowest BCUT2D eigenvalue weighted by molar-refractivity contribution is 0.437. The summed E-state index contributed by atoms with van der Waals surface area (Å²) in [6.45, 7) is 8.75. The zero-order valence-electron chi connectivity index (χ0n) is 15.3. The first-order chi connectivity index (χ1) is 12.1.